The topological polar surface area (TPSA) is 24.5 Å². The molecule has 116 valence electrons. The number of benzene rings is 1. The summed E-state index contributed by atoms with van der Waals surface area (Å²) >= 11 is 0. The molecule has 1 aromatic rings. The third-order valence-electron chi connectivity index (χ3n) is 4.85. The summed E-state index contributed by atoms with van der Waals surface area (Å²) in [5.41, 5.74) is 1.44. The maximum atomic E-state index is 5.64. The Morgan fingerprint density at radius 1 is 1.29 bits per heavy atom. The number of piperazine rings is 1. The molecule has 0 radical (unpaired) electrons. The second kappa shape index (κ2) is 7.39. The number of ether oxygens (including phenoxy) is 1. The van der Waals surface area contributed by atoms with Gasteiger partial charge < -0.3 is 10.1 Å². The second-order valence-corrected chi connectivity index (χ2v) is 6.68. The van der Waals surface area contributed by atoms with Crippen LogP contribution in [0, 0.1) is 5.92 Å². The Labute approximate surface area is 128 Å². The van der Waals surface area contributed by atoms with E-state index in [1.54, 1.807) is 0 Å². The van der Waals surface area contributed by atoms with Gasteiger partial charge in [0.2, 0.25) is 0 Å². The van der Waals surface area contributed by atoms with Crippen molar-refractivity contribution in [3.63, 3.8) is 0 Å². The first-order valence-corrected chi connectivity index (χ1v) is 8.40. The van der Waals surface area contributed by atoms with Gasteiger partial charge in [-0.3, -0.25) is 4.90 Å². The first-order chi connectivity index (χ1) is 10.3. The van der Waals surface area contributed by atoms with Crippen LogP contribution in [-0.4, -0.2) is 49.8 Å². The summed E-state index contributed by atoms with van der Waals surface area (Å²) in [5.74, 6) is 0.733. The van der Waals surface area contributed by atoms with Crippen LogP contribution in [0.5, 0.6) is 0 Å². The molecule has 2 heterocycles. The van der Waals surface area contributed by atoms with E-state index in [-0.39, 0.29) is 0 Å². The van der Waals surface area contributed by atoms with Gasteiger partial charge in [-0.1, -0.05) is 30.3 Å². The summed E-state index contributed by atoms with van der Waals surface area (Å²) < 4.78 is 5.64. The van der Waals surface area contributed by atoms with Gasteiger partial charge >= 0.3 is 0 Å². The Bertz CT molecular complexity index is 416. The smallest absolute Gasteiger partial charge is 0.0506 e. The van der Waals surface area contributed by atoms with Gasteiger partial charge in [-0.15, -0.1) is 0 Å². The van der Waals surface area contributed by atoms with Gasteiger partial charge in [-0.25, -0.2) is 0 Å². The number of nitrogens with zero attached hydrogens (tertiary/aromatic N) is 1. The molecule has 3 heteroatoms. The Balaban J connectivity index is 1.54. The Kier molecular flexibility index (Phi) is 5.28. The number of hydrogen-bond acceptors (Lipinski definition) is 3. The fourth-order valence-electron chi connectivity index (χ4n) is 3.57. The highest BCUT2D eigenvalue weighted by molar-refractivity contribution is 5.16. The van der Waals surface area contributed by atoms with Crippen LogP contribution in [0.1, 0.15) is 25.3 Å². The lowest BCUT2D eigenvalue weighted by molar-refractivity contribution is 0.0241. The lowest BCUT2D eigenvalue weighted by Crippen LogP contribution is -2.57. The van der Waals surface area contributed by atoms with Crippen LogP contribution in [0.15, 0.2) is 30.3 Å². The molecule has 0 aromatic heterocycles. The second-order valence-electron chi connectivity index (χ2n) is 6.68. The van der Waals surface area contributed by atoms with Gasteiger partial charge in [0.15, 0.2) is 0 Å². The van der Waals surface area contributed by atoms with E-state index in [1.165, 1.54) is 24.9 Å². The molecule has 21 heavy (non-hydrogen) atoms. The maximum Gasteiger partial charge on any atom is 0.0506 e. The molecule has 1 N–H and O–H groups in total. The van der Waals surface area contributed by atoms with Crippen LogP contribution in [0.2, 0.25) is 0 Å². The minimum atomic E-state index is 0.577. The van der Waals surface area contributed by atoms with Crippen LogP contribution >= 0.6 is 0 Å². The molecular formula is C18H28N2O. The van der Waals surface area contributed by atoms with Crippen LogP contribution in [0.4, 0.5) is 0 Å². The van der Waals surface area contributed by atoms with Crippen LogP contribution in [0.25, 0.3) is 0 Å². The van der Waals surface area contributed by atoms with Gasteiger partial charge in [0.05, 0.1) is 6.61 Å². The molecule has 2 saturated heterocycles. The van der Waals surface area contributed by atoms with Gasteiger partial charge in [-0.2, -0.15) is 0 Å². The zero-order valence-electron chi connectivity index (χ0n) is 13.1. The first kappa shape index (κ1) is 15.0. The van der Waals surface area contributed by atoms with E-state index in [0.29, 0.717) is 12.1 Å². The van der Waals surface area contributed by atoms with E-state index in [0.717, 1.165) is 38.6 Å². The minimum Gasteiger partial charge on any atom is -0.381 e. The summed E-state index contributed by atoms with van der Waals surface area (Å²) in [7, 11) is 0. The molecule has 3 unspecified atom stereocenters. The van der Waals surface area contributed by atoms with Gasteiger partial charge in [-0.05, 0) is 37.7 Å². The van der Waals surface area contributed by atoms with Crippen molar-refractivity contribution in [1.29, 1.82) is 0 Å². The number of nitrogens with one attached hydrogen (secondary N) is 1. The van der Waals surface area contributed by atoms with Crippen LogP contribution < -0.4 is 5.32 Å². The zero-order valence-corrected chi connectivity index (χ0v) is 13.1. The SMILES string of the molecule is CC1CNC(Cc2ccccc2)CN1CC1CCCOC1. The molecule has 0 spiro atoms. The zero-order chi connectivity index (χ0) is 14.5. The molecular weight excluding hydrogens is 260 g/mol. The monoisotopic (exact) mass is 288 g/mol. The highest BCUT2D eigenvalue weighted by Crippen LogP contribution is 2.18. The molecule has 3 nitrogen and oxygen atoms in total. The predicted octanol–water partition coefficient (Wildman–Crippen LogP) is 2.32. The Morgan fingerprint density at radius 2 is 2.14 bits per heavy atom. The number of hydrogen-bond donors (Lipinski definition) is 1. The normalized spacial score (nSPS) is 31.2. The van der Waals surface area contributed by atoms with Crippen LogP contribution in [0.3, 0.4) is 0 Å². The number of rotatable bonds is 4. The van der Waals surface area contributed by atoms with Gasteiger partial charge in [0.1, 0.15) is 0 Å². The lowest BCUT2D eigenvalue weighted by atomic mass is 9.98. The standard InChI is InChI=1S/C18H28N2O/c1-15-11-19-18(10-16-6-3-2-4-7-16)13-20(15)12-17-8-5-9-21-14-17/h2-4,6-7,15,17-19H,5,8-14H2,1H3. The summed E-state index contributed by atoms with van der Waals surface area (Å²) in [6.07, 6.45) is 3.70. The summed E-state index contributed by atoms with van der Waals surface area (Å²) in [4.78, 5) is 2.67. The van der Waals surface area contributed by atoms with Crippen molar-refractivity contribution in [3.8, 4) is 0 Å². The largest absolute Gasteiger partial charge is 0.381 e. The fourth-order valence-corrected chi connectivity index (χ4v) is 3.57. The van der Waals surface area contributed by atoms with E-state index in [9.17, 15) is 0 Å². The van der Waals surface area contributed by atoms with Gasteiger partial charge in [0.25, 0.3) is 0 Å². The lowest BCUT2D eigenvalue weighted by Gasteiger charge is -2.41. The quantitative estimate of drug-likeness (QED) is 0.920. The average molecular weight is 288 g/mol. The maximum absolute atomic E-state index is 5.64. The van der Waals surface area contributed by atoms with Crippen molar-refractivity contribution < 1.29 is 4.74 Å². The molecule has 0 saturated carbocycles. The van der Waals surface area contributed by atoms with Crippen molar-refractivity contribution in [2.24, 2.45) is 5.92 Å². The molecule has 1 aromatic carbocycles. The van der Waals surface area contributed by atoms with Crippen molar-refractivity contribution in [1.82, 2.24) is 10.2 Å². The Morgan fingerprint density at radius 3 is 2.90 bits per heavy atom. The summed E-state index contributed by atoms with van der Waals surface area (Å²) in [5, 5.41) is 3.71. The molecule has 2 aliphatic rings. The summed E-state index contributed by atoms with van der Waals surface area (Å²) in [6.45, 7) is 7.73. The Hall–Kier alpha value is -0.900. The van der Waals surface area contributed by atoms with E-state index in [1.807, 2.05) is 0 Å². The molecule has 2 aliphatic heterocycles. The van der Waals surface area contributed by atoms with Crippen LogP contribution in [-0.2, 0) is 11.2 Å². The van der Waals surface area contributed by atoms with Crippen molar-refractivity contribution in [2.45, 2.75) is 38.3 Å². The molecule has 3 atom stereocenters. The molecule has 2 fully saturated rings. The third kappa shape index (κ3) is 4.29. The molecule has 0 bridgehead atoms. The van der Waals surface area contributed by atoms with E-state index in [2.05, 4.69) is 47.5 Å². The van der Waals surface area contributed by atoms with E-state index in [4.69, 9.17) is 4.74 Å². The highest BCUT2D eigenvalue weighted by atomic mass is 16.5. The third-order valence-corrected chi connectivity index (χ3v) is 4.85. The van der Waals surface area contributed by atoms with Gasteiger partial charge in [0, 0.05) is 38.3 Å². The molecule has 3 rings (SSSR count). The first-order valence-electron chi connectivity index (χ1n) is 8.40. The van der Waals surface area contributed by atoms with Crippen molar-refractivity contribution in [2.75, 3.05) is 32.8 Å². The molecule has 0 amide bonds. The minimum absolute atomic E-state index is 0.577. The fraction of sp³-hybridized carbons (Fsp3) is 0.667. The predicted molar refractivity (Wildman–Crippen MR) is 86.5 cm³/mol. The molecule has 0 aliphatic carbocycles. The highest BCUT2D eigenvalue weighted by Gasteiger charge is 2.27. The average Bonchev–Trinajstić information content (AvgIpc) is 2.53. The van der Waals surface area contributed by atoms with Crippen molar-refractivity contribution >= 4 is 0 Å². The van der Waals surface area contributed by atoms with E-state index < -0.39 is 0 Å². The summed E-state index contributed by atoms with van der Waals surface area (Å²) in [6, 6.07) is 12.1. The van der Waals surface area contributed by atoms with Crippen molar-refractivity contribution in [3.05, 3.63) is 35.9 Å². The van der Waals surface area contributed by atoms with E-state index >= 15 is 0 Å².